The van der Waals surface area contributed by atoms with Crippen molar-refractivity contribution >= 4 is 37.9 Å². The van der Waals surface area contributed by atoms with E-state index in [9.17, 15) is 18.0 Å². The predicted molar refractivity (Wildman–Crippen MR) is 107 cm³/mol. The van der Waals surface area contributed by atoms with Crippen LogP contribution in [0.3, 0.4) is 0 Å². The van der Waals surface area contributed by atoms with Crippen LogP contribution in [0.15, 0.2) is 41.3 Å². The highest BCUT2D eigenvalue weighted by Gasteiger charge is 2.37. The number of halogens is 3. The summed E-state index contributed by atoms with van der Waals surface area (Å²) < 4.78 is 69.2. The molecule has 2 aromatic carbocycles. The van der Waals surface area contributed by atoms with Gasteiger partial charge in [-0.2, -0.15) is 13.2 Å². The number of alkyl halides is 3. The molecule has 2 aromatic rings. The summed E-state index contributed by atoms with van der Waals surface area (Å²) >= 11 is 0. The summed E-state index contributed by atoms with van der Waals surface area (Å²) in [6, 6.07) is 12.2. The Morgan fingerprint density at radius 3 is 2.27 bits per heavy atom. The van der Waals surface area contributed by atoms with Gasteiger partial charge in [-0.15, -0.1) is 0 Å². The fourth-order valence-electron chi connectivity index (χ4n) is 2.73. The van der Waals surface area contributed by atoms with Gasteiger partial charge in [0.2, 0.25) is 0 Å². The number of rotatable bonds is 3. The van der Waals surface area contributed by atoms with Gasteiger partial charge < -0.3 is 14.0 Å². The van der Waals surface area contributed by atoms with Crippen LogP contribution < -0.4 is 4.74 Å². The Kier molecular flexibility index (Phi) is 8.00. The van der Waals surface area contributed by atoms with E-state index in [1.165, 1.54) is 34.6 Å². The van der Waals surface area contributed by atoms with Gasteiger partial charge in [-0.3, -0.25) is 0 Å². The summed E-state index contributed by atoms with van der Waals surface area (Å²) in [5.41, 5.74) is -5.65. The number of carbonyl (C=O) groups is 1. The molecule has 166 valence electrons. The minimum Gasteiger partial charge on any atom is -0.741 e. The summed E-state index contributed by atoms with van der Waals surface area (Å²) in [4.78, 5) is 13.0. The molecule has 0 N–H and O–H groups in total. The highest BCUT2D eigenvalue weighted by atomic mass is 32.2. The second kappa shape index (κ2) is 9.88. The van der Waals surface area contributed by atoms with E-state index >= 15 is 0 Å². The van der Waals surface area contributed by atoms with Crippen LogP contribution in [-0.2, 0) is 25.7 Å². The monoisotopic (exact) mass is 466 g/mol. The van der Waals surface area contributed by atoms with E-state index in [4.69, 9.17) is 22.4 Å². The quantitative estimate of drug-likeness (QED) is 0.216. The Morgan fingerprint density at radius 1 is 1.13 bits per heavy atom. The zero-order chi connectivity index (χ0) is 22.5. The average Bonchev–Trinajstić information content (AvgIpc) is 3.13. The number of ether oxygens (including phenoxy) is 2. The lowest BCUT2D eigenvalue weighted by Gasteiger charge is -2.10. The lowest BCUT2D eigenvalue weighted by Crippen LogP contribution is -2.21. The van der Waals surface area contributed by atoms with Gasteiger partial charge >= 0.3 is 11.7 Å². The third kappa shape index (κ3) is 6.78. The minimum absolute atomic E-state index is 0.178. The van der Waals surface area contributed by atoms with Crippen molar-refractivity contribution in [3.8, 4) is 5.75 Å². The molecule has 1 fully saturated rings. The molecule has 0 amide bonds. The van der Waals surface area contributed by atoms with Gasteiger partial charge in [0.05, 0.1) is 6.10 Å². The first-order valence-corrected chi connectivity index (χ1v) is 12.0. The highest BCUT2D eigenvalue weighted by Crippen LogP contribution is 2.31. The maximum atomic E-state index is 11.6. The fourth-order valence-corrected chi connectivity index (χ4v) is 5.25. The van der Waals surface area contributed by atoms with Crippen LogP contribution in [0.25, 0.3) is 10.8 Å². The molecule has 0 radical (unpaired) electrons. The van der Waals surface area contributed by atoms with Crippen molar-refractivity contribution in [3.05, 3.63) is 36.4 Å². The first-order valence-electron chi connectivity index (χ1n) is 8.99. The maximum absolute atomic E-state index is 11.6. The molecule has 1 aliphatic heterocycles. The van der Waals surface area contributed by atoms with Crippen LogP contribution in [-0.4, -0.2) is 42.2 Å². The standard InChI is InChI=1S/C18H21O3S.CHF3O3S/c1-13(2)20-18(19)21-15-8-9-16-14(12-15)6-5-7-17(16)22-10-3-4-11-22;2-1(3,4)8(5,6)7/h5-9,12-13H,3-4,10-11H2,1-2H3;(H,5,6,7)/q+1;/p-1. The molecule has 0 aliphatic carbocycles. The molecule has 3 rings (SSSR count). The summed E-state index contributed by atoms with van der Waals surface area (Å²) in [5.74, 6) is 3.14. The van der Waals surface area contributed by atoms with Gasteiger partial charge in [-0.05, 0) is 56.3 Å². The van der Waals surface area contributed by atoms with Crippen LogP contribution in [0.2, 0.25) is 0 Å². The molecule has 1 aliphatic rings. The molecule has 1 saturated heterocycles. The van der Waals surface area contributed by atoms with Gasteiger partial charge in [0.25, 0.3) is 0 Å². The van der Waals surface area contributed by atoms with E-state index in [2.05, 4.69) is 24.3 Å². The lowest BCUT2D eigenvalue weighted by atomic mass is 10.1. The van der Waals surface area contributed by atoms with E-state index in [1.807, 2.05) is 12.1 Å². The smallest absolute Gasteiger partial charge is 0.514 e. The van der Waals surface area contributed by atoms with Crippen LogP contribution in [0.1, 0.15) is 26.7 Å². The molecule has 0 saturated carbocycles. The lowest BCUT2D eigenvalue weighted by molar-refractivity contribution is -0.0517. The van der Waals surface area contributed by atoms with Crippen molar-refractivity contribution in [1.29, 1.82) is 0 Å². The van der Waals surface area contributed by atoms with Crippen LogP contribution >= 0.6 is 0 Å². The summed E-state index contributed by atoms with van der Waals surface area (Å²) in [6.45, 7) is 3.60. The number of hydrogen-bond donors (Lipinski definition) is 0. The SMILES string of the molecule is CC(C)OC(=O)Oc1ccc2c([S+]3CCCC3)cccc2c1.O=S(=O)([O-])C(F)(F)F. The topological polar surface area (TPSA) is 92.7 Å². The molecule has 0 unspecified atom stereocenters. The van der Waals surface area contributed by atoms with Gasteiger partial charge in [-0.25, -0.2) is 13.2 Å². The van der Waals surface area contributed by atoms with Crippen molar-refractivity contribution in [1.82, 2.24) is 0 Å². The van der Waals surface area contributed by atoms with Crippen molar-refractivity contribution < 1.29 is 40.4 Å². The molecule has 11 heteroatoms. The van der Waals surface area contributed by atoms with Gasteiger partial charge in [-0.1, -0.05) is 12.1 Å². The van der Waals surface area contributed by atoms with Crippen molar-refractivity contribution in [2.45, 2.75) is 43.2 Å². The molecular formula is C19H21F3O6S2. The molecular weight excluding hydrogens is 445 g/mol. The van der Waals surface area contributed by atoms with Crippen molar-refractivity contribution in [2.75, 3.05) is 11.5 Å². The summed E-state index contributed by atoms with van der Waals surface area (Å²) in [5, 5.41) is 2.39. The third-order valence-electron chi connectivity index (χ3n) is 3.97. The first-order chi connectivity index (χ1) is 13.9. The summed E-state index contributed by atoms with van der Waals surface area (Å²) in [6.07, 6.45) is 1.84. The zero-order valence-corrected chi connectivity index (χ0v) is 17.9. The Hall–Kier alpha value is -1.98. The Labute approximate surface area is 175 Å². The Morgan fingerprint density at radius 2 is 1.73 bits per heavy atom. The van der Waals surface area contributed by atoms with Crippen LogP contribution in [0, 0.1) is 0 Å². The molecule has 1 heterocycles. The van der Waals surface area contributed by atoms with E-state index in [0.717, 1.165) is 5.39 Å². The number of benzene rings is 2. The van der Waals surface area contributed by atoms with E-state index in [0.29, 0.717) is 16.6 Å². The number of hydrogen-bond acceptors (Lipinski definition) is 6. The molecule has 0 atom stereocenters. The zero-order valence-electron chi connectivity index (χ0n) is 16.3. The molecule has 0 spiro atoms. The second-order valence-electron chi connectivity index (χ2n) is 6.67. The summed E-state index contributed by atoms with van der Waals surface area (Å²) in [7, 11) is -5.71. The van der Waals surface area contributed by atoms with Crippen molar-refractivity contribution in [2.24, 2.45) is 0 Å². The third-order valence-corrected chi connectivity index (χ3v) is 7.08. The minimum atomic E-state index is -6.09. The fraction of sp³-hybridized carbons (Fsp3) is 0.421. The second-order valence-corrected chi connectivity index (χ2v) is 10.3. The molecule has 0 aromatic heterocycles. The normalized spacial score (nSPS) is 15.0. The molecule has 6 nitrogen and oxygen atoms in total. The predicted octanol–water partition coefficient (Wildman–Crippen LogP) is 4.59. The number of carbonyl (C=O) groups excluding carboxylic acids is 1. The number of fused-ring (bicyclic) bond motifs is 1. The van der Waals surface area contributed by atoms with E-state index in [1.54, 1.807) is 13.8 Å². The molecule has 0 bridgehead atoms. The van der Waals surface area contributed by atoms with Crippen LogP contribution in [0.4, 0.5) is 18.0 Å². The highest BCUT2D eigenvalue weighted by molar-refractivity contribution is 7.97. The average molecular weight is 466 g/mol. The van der Waals surface area contributed by atoms with Gasteiger partial charge in [0, 0.05) is 16.3 Å². The van der Waals surface area contributed by atoms with Crippen LogP contribution in [0.5, 0.6) is 5.75 Å². The maximum Gasteiger partial charge on any atom is 0.514 e. The Balaban J connectivity index is 0.000000343. The van der Waals surface area contributed by atoms with Crippen molar-refractivity contribution in [3.63, 3.8) is 0 Å². The molecule has 30 heavy (non-hydrogen) atoms. The van der Waals surface area contributed by atoms with E-state index < -0.39 is 21.8 Å². The largest absolute Gasteiger partial charge is 0.741 e. The van der Waals surface area contributed by atoms with Gasteiger partial charge in [0.1, 0.15) is 17.3 Å². The van der Waals surface area contributed by atoms with E-state index in [-0.39, 0.29) is 6.10 Å². The van der Waals surface area contributed by atoms with Gasteiger partial charge in [0.15, 0.2) is 15.0 Å². The first kappa shape index (κ1) is 24.3. The Bertz CT molecular complexity index is 983.